The second kappa shape index (κ2) is 6.92. The highest BCUT2D eigenvalue weighted by molar-refractivity contribution is 5.92. The van der Waals surface area contributed by atoms with E-state index >= 15 is 0 Å². The van der Waals surface area contributed by atoms with Gasteiger partial charge in [-0.15, -0.1) is 0 Å². The first-order chi connectivity index (χ1) is 10.5. The zero-order valence-electron chi connectivity index (χ0n) is 13.1. The van der Waals surface area contributed by atoms with E-state index in [-0.39, 0.29) is 5.91 Å². The maximum Gasteiger partial charge on any atom is 0.326 e. The normalized spacial score (nSPS) is 18.5. The minimum atomic E-state index is -0.997. The smallest absolute Gasteiger partial charge is 0.326 e. The van der Waals surface area contributed by atoms with Crippen molar-refractivity contribution in [1.29, 1.82) is 0 Å². The first-order valence-electron chi connectivity index (χ1n) is 7.69. The molecule has 1 aliphatic heterocycles. The van der Waals surface area contributed by atoms with Crippen LogP contribution in [0.5, 0.6) is 0 Å². The van der Waals surface area contributed by atoms with Crippen LogP contribution < -0.4 is 5.32 Å². The molecular weight excluding hydrogens is 282 g/mol. The van der Waals surface area contributed by atoms with Gasteiger partial charge in [0.25, 0.3) is 0 Å². The van der Waals surface area contributed by atoms with E-state index in [1.807, 2.05) is 31.2 Å². The molecule has 1 aliphatic rings. The molecule has 0 aromatic heterocycles. The second-order valence-electron chi connectivity index (χ2n) is 5.78. The van der Waals surface area contributed by atoms with E-state index in [0.717, 1.165) is 11.1 Å². The summed E-state index contributed by atoms with van der Waals surface area (Å²) in [5, 5.41) is 11.9. The van der Waals surface area contributed by atoms with Crippen molar-refractivity contribution in [3.8, 4) is 0 Å². The number of carboxylic acids is 1. The molecule has 1 fully saturated rings. The summed E-state index contributed by atoms with van der Waals surface area (Å²) in [5.41, 5.74) is 1.31. The van der Waals surface area contributed by atoms with Crippen molar-refractivity contribution in [3.05, 3.63) is 35.4 Å². The Kier molecular flexibility index (Phi) is 5.19. The number of carbonyl (C=O) groups is 2. The van der Waals surface area contributed by atoms with Crippen LogP contribution in [-0.2, 0) is 19.7 Å². The predicted molar refractivity (Wildman–Crippen MR) is 82.8 cm³/mol. The average molecular weight is 305 g/mol. The van der Waals surface area contributed by atoms with Crippen LogP contribution >= 0.6 is 0 Å². The van der Waals surface area contributed by atoms with Gasteiger partial charge in [-0.25, -0.2) is 4.79 Å². The maximum absolute atomic E-state index is 12.9. The van der Waals surface area contributed by atoms with Crippen LogP contribution in [0.4, 0.5) is 0 Å². The molecule has 2 N–H and O–H groups in total. The zero-order chi connectivity index (χ0) is 16.2. The minimum Gasteiger partial charge on any atom is -0.480 e. The van der Waals surface area contributed by atoms with Crippen LogP contribution in [0.1, 0.15) is 37.3 Å². The second-order valence-corrected chi connectivity index (χ2v) is 5.78. The molecule has 1 amide bonds. The lowest BCUT2D eigenvalue weighted by Crippen LogP contribution is -2.53. The Balaban J connectivity index is 2.35. The lowest BCUT2D eigenvalue weighted by Gasteiger charge is -2.38. The number of rotatable bonds is 5. The summed E-state index contributed by atoms with van der Waals surface area (Å²) in [5.74, 6) is -1.21. The van der Waals surface area contributed by atoms with Gasteiger partial charge in [0.15, 0.2) is 0 Å². The summed E-state index contributed by atoms with van der Waals surface area (Å²) in [6.07, 6.45) is 1.50. The van der Waals surface area contributed by atoms with Gasteiger partial charge in [0.2, 0.25) is 5.91 Å². The van der Waals surface area contributed by atoms with E-state index < -0.39 is 17.4 Å². The van der Waals surface area contributed by atoms with E-state index in [0.29, 0.717) is 32.5 Å². The number of aryl methyl sites for hydroxylation is 1. The monoisotopic (exact) mass is 305 g/mol. The lowest BCUT2D eigenvalue weighted by molar-refractivity contribution is -0.143. The van der Waals surface area contributed by atoms with Gasteiger partial charge in [0.1, 0.15) is 6.04 Å². The van der Waals surface area contributed by atoms with Crippen molar-refractivity contribution in [1.82, 2.24) is 5.32 Å². The van der Waals surface area contributed by atoms with Crippen molar-refractivity contribution >= 4 is 11.9 Å². The molecule has 0 aliphatic carbocycles. The number of nitrogens with one attached hydrogen (secondary N) is 1. The third-order valence-electron chi connectivity index (χ3n) is 4.45. The first kappa shape index (κ1) is 16.5. The van der Waals surface area contributed by atoms with Crippen molar-refractivity contribution in [2.24, 2.45) is 0 Å². The summed E-state index contributed by atoms with van der Waals surface area (Å²) < 4.78 is 5.42. The molecule has 1 aromatic carbocycles. The third-order valence-corrected chi connectivity index (χ3v) is 4.45. The Labute approximate surface area is 130 Å². The van der Waals surface area contributed by atoms with Gasteiger partial charge in [-0.1, -0.05) is 31.2 Å². The minimum absolute atomic E-state index is 0.209. The first-order valence-corrected chi connectivity index (χ1v) is 7.69. The SMILES string of the molecule is CCC(NC(=O)C1(c2ccccc2C)CCOCC1)C(=O)O. The Morgan fingerprint density at radius 2 is 1.95 bits per heavy atom. The zero-order valence-corrected chi connectivity index (χ0v) is 13.1. The summed E-state index contributed by atoms with van der Waals surface area (Å²) in [4.78, 5) is 24.1. The molecule has 0 bridgehead atoms. The van der Waals surface area contributed by atoms with Crippen LogP contribution in [0.15, 0.2) is 24.3 Å². The van der Waals surface area contributed by atoms with Gasteiger partial charge in [-0.05, 0) is 37.3 Å². The predicted octanol–water partition coefficient (Wildman–Crippen LogP) is 2.02. The molecule has 1 saturated heterocycles. The van der Waals surface area contributed by atoms with Gasteiger partial charge < -0.3 is 15.2 Å². The third kappa shape index (κ3) is 3.14. The summed E-state index contributed by atoms with van der Waals surface area (Å²) in [6.45, 7) is 4.75. The molecule has 0 radical (unpaired) electrons. The van der Waals surface area contributed by atoms with Crippen molar-refractivity contribution < 1.29 is 19.4 Å². The number of aliphatic carboxylic acids is 1. The van der Waals surface area contributed by atoms with E-state index in [9.17, 15) is 14.7 Å². The van der Waals surface area contributed by atoms with Crippen LogP contribution in [-0.4, -0.2) is 36.2 Å². The molecule has 1 aromatic rings. The quantitative estimate of drug-likeness (QED) is 0.872. The molecule has 5 nitrogen and oxygen atoms in total. The van der Waals surface area contributed by atoms with E-state index in [1.54, 1.807) is 6.92 Å². The number of carbonyl (C=O) groups excluding carboxylic acids is 1. The molecule has 1 unspecified atom stereocenters. The molecule has 120 valence electrons. The Morgan fingerprint density at radius 3 is 2.50 bits per heavy atom. The Hall–Kier alpha value is -1.88. The molecule has 5 heteroatoms. The topological polar surface area (TPSA) is 75.6 Å². The van der Waals surface area contributed by atoms with Gasteiger partial charge in [-0.2, -0.15) is 0 Å². The number of amides is 1. The maximum atomic E-state index is 12.9. The highest BCUT2D eigenvalue weighted by Crippen LogP contribution is 2.37. The molecule has 1 heterocycles. The van der Waals surface area contributed by atoms with Crippen molar-refractivity contribution in [2.75, 3.05) is 13.2 Å². The van der Waals surface area contributed by atoms with Gasteiger partial charge in [0.05, 0.1) is 5.41 Å². The summed E-state index contributed by atoms with van der Waals surface area (Å²) in [6, 6.07) is 6.95. The largest absolute Gasteiger partial charge is 0.480 e. The fourth-order valence-corrected chi connectivity index (χ4v) is 3.08. The van der Waals surface area contributed by atoms with Gasteiger partial charge in [-0.3, -0.25) is 4.79 Å². The number of hydrogen-bond donors (Lipinski definition) is 2. The van der Waals surface area contributed by atoms with Crippen molar-refractivity contribution in [3.63, 3.8) is 0 Å². The Bertz CT molecular complexity index is 549. The Morgan fingerprint density at radius 1 is 1.32 bits per heavy atom. The van der Waals surface area contributed by atoms with Crippen LogP contribution in [0.3, 0.4) is 0 Å². The standard InChI is InChI=1S/C17H23NO4/c1-3-14(15(19)20)18-16(21)17(8-10-22-11-9-17)13-7-5-4-6-12(13)2/h4-7,14H,3,8-11H2,1-2H3,(H,18,21)(H,19,20). The van der Waals surface area contributed by atoms with Crippen molar-refractivity contribution in [2.45, 2.75) is 44.6 Å². The van der Waals surface area contributed by atoms with E-state index in [2.05, 4.69) is 5.32 Å². The van der Waals surface area contributed by atoms with Gasteiger partial charge >= 0.3 is 5.97 Å². The molecule has 2 rings (SSSR count). The molecule has 0 saturated carbocycles. The van der Waals surface area contributed by atoms with E-state index in [1.165, 1.54) is 0 Å². The molecule has 1 atom stereocenters. The summed E-state index contributed by atoms with van der Waals surface area (Å²) >= 11 is 0. The number of hydrogen-bond acceptors (Lipinski definition) is 3. The van der Waals surface area contributed by atoms with Crippen LogP contribution in [0.2, 0.25) is 0 Å². The van der Waals surface area contributed by atoms with E-state index in [4.69, 9.17) is 4.74 Å². The number of carboxylic acid groups (broad SMARTS) is 1. The molecular formula is C17H23NO4. The number of ether oxygens (including phenoxy) is 1. The number of benzene rings is 1. The highest BCUT2D eigenvalue weighted by atomic mass is 16.5. The fourth-order valence-electron chi connectivity index (χ4n) is 3.08. The average Bonchev–Trinajstić information content (AvgIpc) is 2.53. The summed E-state index contributed by atoms with van der Waals surface area (Å²) in [7, 11) is 0. The fraction of sp³-hybridized carbons (Fsp3) is 0.529. The molecule has 22 heavy (non-hydrogen) atoms. The molecule has 0 spiro atoms. The van der Waals surface area contributed by atoms with Gasteiger partial charge in [0, 0.05) is 13.2 Å². The highest BCUT2D eigenvalue weighted by Gasteiger charge is 2.43. The van der Waals surface area contributed by atoms with Crippen LogP contribution in [0, 0.1) is 6.92 Å². The van der Waals surface area contributed by atoms with Crippen LogP contribution in [0.25, 0.3) is 0 Å². The lowest BCUT2D eigenvalue weighted by atomic mass is 9.71.